The predicted molar refractivity (Wildman–Crippen MR) is 160 cm³/mol. The zero-order valence-corrected chi connectivity index (χ0v) is 24.2. The molecule has 0 saturated carbocycles. The third kappa shape index (κ3) is 6.90. The highest BCUT2D eigenvalue weighted by atomic mass is 32.2. The van der Waals surface area contributed by atoms with Gasteiger partial charge in [-0.2, -0.15) is 0 Å². The van der Waals surface area contributed by atoms with E-state index in [2.05, 4.69) is 19.2 Å². The third-order valence-electron chi connectivity index (χ3n) is 6.73. The van der Waals surface area contributed by atoms with Gasteiger partial charge in [-0.05, 0) is 66.8 Å². The number of amides is 1. The van der Waals surface area contributed by atoms with Gasteiger partial charge in [0, 0.05) is 0 Å². The van der Waals surface area contributed by atoms with Crippen molar-refractivity contribution in [3.63, 3.8) is 0 Å². The van der Waals surface area contributed by atoms with Gasteiger partial charge >= 0.3 is 0 Å². The fraction of sp³-hybridized carbons (Fsp3) is 0.242. The summed E-state index contributed by atoms with van der Waals surface area (Å²) in [4.78, 5) is 14.0. The summed E-state index contributed by atoms with van der Waals surface area (Å²) in [6.07, 6.45) is 0.718. The van der Waals surface area contributed by atoms with E-state index in [0.717, 1.165) is 28.9 Å². The molecule has 1 atom stereocenters. The minimum atomic E-state index is -3.99. The molecule has 0 aromatic heterocycles. The number of rotatable bonds is 11. The van der Waals surface area contributed by atoms with Gasteiger partial charge in [0.1, 0.15) is 5.75 Å². The number of carbonyl (C=O) groups is 1. The van der Waals surface area contributed by atoms with E-state index < -0.39 is 10.0 Å². The lowest BCUT2D eigenvalue weighted by atomic mass is 9.96. The van der Waals surface area contributed by atoms with Crippen LogP contribution in [0, 0.1) is 12.8 Å². The molecule has 7 heteroatoms. The molecule has 0 saturated heterocycles. The van der Waals surface area contributed by atoms with Gasteiger partial charge < -0.3 is 10.1 Å². The number of para-hydroxylation sites is 1. The Morgan fingerprint density at radius 3 is 2.10 bits per heavy atom. The molecule has 40 heavy (non-hydrogen) atoms. The monoisotopic (exact) mass is 556 g/mol. The van der Waals surface area contributed by atoms with E-state index in [0.29, 0.717) is 11.6 Å². The molecule has 0 fully saturated rings. The first kappa shape index (κ1) is 28.9. The number of methoxy groups -OCH3 is 1. The number of sulfonamides is 1. The molecule has 1 amide bonds. The molecule has 0 aliphatic rings. The second-order valence-corrected chi connectivity index (χ2v) is 12.1. The summed E-state index contributed by atoms with van der Waals surface area (Å²) in [6.45, 7) is 6.20. The highest BCUT2D eigenvalue weighted by Gasteiger charge is 2.29. The number of aryl methyl sites for hydroxylation is 1. The van der Waals surface area contributed by atoms with Crippen LogP contribution in [0.25, 0.3) is 0 Å². The zero-order chi connectivity index (χ0) is 28.7. The Kier molecular flexibility index (Phi) is 9.27. The summed E-state index contributed by atoms with van der Waals surface area (Å²) in [5.74, 6) is 0.718. The molecule has 0 heterocycles. The van der Waals surface area contributed by atoms with Crippen LogP contribution in [0.5, 0.6) is 5.75 Å². The van der Waals surface area contributed by atoms with Crippen LogP contribution in [0.1, 0.15) is 53.4 Å². The fourth-order valence-electron chi connectivity index (χ4n) is 4.59. The molecule has 6 nitrogen and oxygen atoms in total. The smallest absolute Gasteiger partial charge is 0.264 e. The Morgan fingerprint density at radius 2 is 1.48 bits per heavy atom. The molecule has 208 valence electrons. The van der Waals surface area contributed by atoms with Gasteiger partial charge in [-0.3, -0.25) is 9.10 Å². The molecule has 0 aliphatic heterocycles. The van der Waals surface area contributed by atoms with Crippen molar-refractivity contribution in [3.8, 4) is 5.75 Å². The molecule has 4 aromatic carbocycles. The quantitative estimate of drug-likeness (QED) is 0.218. The predicted octanol–water partition coefficient (Wildman–Crippen LogP) is 6.92. The SMILES string of the molecule is COc1ccc([C@H](CC(C)C)NC(=O)c2ccccc2N(Cc2ccccc2)S(=O)(=O)c2ccc(C)cc2)cc1. The average molecular weight is 557 g/mol. The molecule has 4 aromatic rings. The van der Waals surface area contributed by atoms with Crippen molar-refractivity contribution < 1.29 is 17.9 Å². The Balaban J connectivity index is 1.75. The van der Waals surface area contributed by atoms with Crippen LogP contribution in [0.15, 0.2) is 108 Å². The number of hydrogen-bond acceptors (Lipinski definition) is 4. The van der Waals surface area contributed by atoms with Gasteiger partial charge in [-0.15, -0.1) is 0 Å². The lowest BCUT2D eigenvalue weighted by Gasteiger charge is -2.28. The zero-order valence-electron chi connectivity index (χ0n) is 23.4. The van der Waals surface area contributed by atoms with Crippen molar-refractivity contribution in [1.29, 1.82) is 0 Å². The lowest BCUT2D eigenvalue weighted by Crippen LogP contribution is -2.35. The molecule has 0 radical (unpaired) electrons. The van der Waals surface area contributed by atoms with E-state index in [1.165, 1.54) is 4.31 Å². The maximum Gasteiger partial charge on any atom is 0.264 e. The van der Waals surface area contributed by atoms with Crippen molar-refractivity contribution in [2.75, 3.05) is 11.4 Å². The standard InChI is InChI=1S/C33H36N2O4S/c1-24(2)22-31(27-16-18-28(39-4)19-17-27)34-33(36)30-12-8-9-13-32(30)35(23-26-10-6-5-7-11-26)40(37,38)29-20-14-25(3)15-21-29/h5-21,24,31H,22-23H2,1-4H3,(H,34,36)/t31-/m0/s1. The highest BCUT2D eigenvalue weighted by Crippen LogP contribution is 2.31. The van der Waals surface area contributed by atoms with Gasteiger partial charge in [-0.1, -0.05) is 86.1 Å². The molecular formula is C33H36N2O4S. The molecule has 0 spiro atoms. The first-order chi connectivity index (χ1) is 19.2. The van der Waals surface area contributed by atoms with Crippen LogP contribution in [-0.2, 0) is 16.6 Å². The molecule has 4 rings (SSSR count). The van der Waals surface area contributed by atoms with Crippen LogP contribution in [0.3, 0.4) is 0 Å². The number of hydrogen-bond donors (Lipinski definition) is 1. The number of nitrogens with zero attached hydrogens (tertiary/aromatic N) is 1. The van der Waals surface area contributed by atoms with Gasteiger partial charge in [0.15, 0.2) is 0 Å². The Hall–Kier alpha value is -4.10. The maximum absolute atomic E-state index is 14.1. The van der Waals surface area contributed by atoms with Gasteiger partial charge in [-0.25, -0.2) is 8.42 Å². The van der Waals surface area contributed by atoms with E-state index >= 15 is 0 Å². The molecule has 0 unspecified atom stereocenters. The normalized spacial score (nSPS) is 12.1. The summed E-state index contributed by atoms with van der Waals surface area (Å²) in [6, 6.07) is 30.4. The molecule has 0 bridgehead atoms. The summed E-state index contributed by atoms with van der Waals surface area (Å²) in [5, 5.41) is 3.17. The van der Waals surface area contributed by atoms with Gasteiger partial charge in [0.25, 0.3) is 15.9 Å². The minimum Gasteiger partial charge on any atom is -0.497 e. The summed E-state index contributed by atoms with van der Waals surface area (Å²) in [7, 11) is -2.38. The number of benzene rings is 4. The highest BCUT2D eigenvalue weighted by molar-refractivity contribution is 7.92. The van der Waals surface area contributed by atoms with E-state index in [9.17, 15) is 13.2 Å². The number of nitrogens with one attached hydrogen (secondary N) is 1. The van der Waals surface area contributed by atoms with Gasteiger partial charge in [0.2, 0.25) is 0 Å². The summed E-state index contributed by atoms with van der Waals surface area (Å²) < 4.78 is 34.7. The van der Waals surface area contributed by atoms with Crippen LogP contribution in [-0.4, -0.2) is 21.4 Å². The molecule has 0 aliphatic carbocycles. The first-order valence-corrected chi connectivity index (χ1v) is 14.8. The topological polar surface area (TPSA) is 75.7 Å². The first-order valence-electron chi connectivity index (χ1n) is 13.4. The van der Waals surface area contributed by atoms with Gasteiger partial charge in [0.05, 0.1) is 35.8 Å². The van der Waals surface area contributed by atoms with E-state index in [1.54, 1.807) is 55.6 Å². The van der Waals surface area contributed by atoms with Crippen LogP contribution in [0.4, 0.5) is 5.69 Å². The second kappa shape index (κ2) is 12.8. The number of anilines is 1. The van der Waals surface area contributed by atoms with Crippen LogP contribution in [0.2, 0.25) is 0 Å². The molecular weight excluding hydrogens is 520 g/mol. The maximum atomic E-state index is 14.1. The number of carbonyl (C=O) groups excluding carboxylic acids is 1. The lowest BCUT2D eigenvalue weighted by molar-refractivity contribution is 0.0932. The Morgan fingerprint density at radius 1 is 0.850 bits per heavy atom. The third-order valence-corrected chi connectivity index (χ3v) is 8.50. The fourth-order valence-corrected chi connectivity index (χ4v) is 6.06. The van der Waals surface area contributed by atoms with E-state index in [1.807, 2.05) is 61.5 Å². The largest absolute Gasteiger partial charge is 0.497 e. The Labute approximate surface area is 237 Å². The van der Waals surface area contributed by atoms with E-state index in [4.69, 9.17) is 4.74 Å². The van der Waals surface area contributed by atoms with Crippen molar-refractivity contribution in [2.45, 2.75) is 44.7 Å². The van der Waals surface area contributed by atoms with Crippen molar-refractivity contribution in [2.24, 2.45) is 5.92 Å². The van der Waals surface area contributed by atoms with Crippen molar-refractivity contribution >= 4 is 21.6 Å². The minimum absolute atomic E-state index is 0.0786. The van der Waals surface area contributed by atoms with Crippen LogP contribution >= 0.6 is 0 Å². The second-order valence-electron chi connectivity index (χ2n) is 10.3. The van der Waals surface area contributed by atoms with Crippen molar-refractivity contribution in [3.05, 3.63) is 125 Å². The average Bonchev–Trinajstić information content (AvgIpc) is 2.96. The number of ether oxygens (including phenoxy) is 1. The van der Waals surface area contributed by atoms with E-state index in [-0.39, 0.29) is 29.0 Å². The molecule has 1 N–H and O–H groups in total. The summed E-state index contributed by atoms with van der Waals surface area (Å²) in [5.41, 5.74) is 3.33. The van der Waals surface area contributed by atoms with Crippen LogP contribution < -0.4 is 14.4 Å². The Bertz CT molecular complexity index is 1520. The summed E-state index contributed by atoms with van der Waals surface area (Å²) >= 11 is 0. The van der Waals surface area contributed by atoms with Crippen molar-refractivity contribution in [1.82, 2.24) is 5.32 Å².